The second-order valence-corrected chi connectivity index (χ2v) is 9.22. The van der Waals surface area contributed by atoms with Gasteiger partial charge in [0.05, 0.1) is 5.75 Å². The van der Waals surface area contributed by atoms with Crippen LogP contribution in [0, 0.1) is 0 Å². The summed E-state index contributed by atoms with van der Waals surface area (Å²) in [5, 5.41) is -0.0247. The Labute approximate surface area is 186 Å². The lowest BCUT2D eigenvalue weighted by molar-refractivity contribution is -0.128. The first-order chi connectivity index (χ1) is 15.1. The molecule has 2 atom stereocenters. The van der Waals surface area contributed by atoms with Gasteiger partial charge in [0.25, 0.3) is 5.91 Å². The number of nitrogens with zero attached hydrogens (tertiary/aromatic N) is 2. The highest BCUT2D eigenvalue weighted by Gasteiger charge is 2.34. The molecule has 2 heterocycles. The SMILES string of the molecule is CC1Cc2ccccc2N1C(=O)c1ccc(C2SCC(=O)N2Cc2ccccc2)cc1. The summed E-state index contributed by atoms with van der Waals surface area (Å²) in [7, 11) is 0. The van der Waals surface area contributed by atoms with Crippen LogP contribution in [0.3, 0.4) is 0 Å². The van der Waals surface area contributed by atoms with Crippen molar-refractivity contribution in [1.29, 1.82) is 0 Å². The molecule has 4 nitrogen and oxygen atoms in total. The van der Waals surface area contributed by atoms with Crippen molar-refractivity contribution in [1.82, 2.24) is 4.90 Å². The highest BCUT2D eigenvalue weighted by atomic mass is 32.2. The van der Waals surface area contributed by atoms with Gasteiger partial charge in [-0.3, -0.25) is 9.59 Å². The van der Waals surface area contributed by atoms with Crippen LogP contribution in [0.1, 0.15) is 39.3 Å². The Morgan fingerprint density at radius 3 is 2.45 bits per heavy atom. The van der Waals surface area contributed by atoms with E-state index in [9.17, 15) is 9.59 Å². The van der Waals surface area contributed by atoms with Crippen LogP contribution in [-0.4, -0.2) is 28.5 Å². The summed E-state index contributed by atoms with van der Waals surface area (Å²) in [6.45, 7) is 2.69. The Morgan fingerprint density at radius 1 is 0.968 bits per heavy atom. The predicted octanol–water partition coefficient (Wildman–Crippen LogP) is 5.05. The second-order valence-electron chi connectivity index (χ2n) is 8.15. The third kappa shape index (κ3) is 3.74. The van der Waals surface area contributed by atoms with Crippen LogP contribution in [0.2, 0.25) is 0 Å². The van der Waals surface area contributed by atoms with Gasteiger partial charge in [0.15, 0.2) is 0 Å². The van der Waals surface area contributed by atoms with E-state index < -0.39 is 0 Å². The van der Waals surface area contributed by atoms with E-state index in [1.54, 1.807) is 11.8 Å². The van der Waals surface area contributed by atoms with Crippen LogP contribution in [-0.2, 0) is 17.8 Å². The Kier molecular flexibility index (Phi) is 5.28. The van der Waals surface area contributed by atoms with Crippen LogP contribution in [0.5, 0.6) is 0 Å². The molecule has 0 aromatic heterocycles. The van der Waals surface area contributed by atoms with Gasteiger partial charge in [-0.15, -0.1) is 11.8 Å². The first-order valence-corrected chi connectivity index (χ1v) is 11.6. The summed E-state index contributed by atoms with van der Waals surface area (Å²) in [5.74, 6) is 0.669. The maximum Gasteiger partial charge on any atom is 0.258 e. The van der Waals surface area contributed by atoms with E-state index in [1.165, 1.54) is 5.56 Å². The molecule has 5 heteroatoms. The third-order valence-electron chi connectivity index (χ3n) is 6.03. The number of amides is 2. The van der Waals surface area contributed by atoms with Crippen LogP contribution >= 0.6 is 11.8 Å². The average Bonchev–Trinajstić information content (AvgIpc) is 3.33. The molecule has 0 aliphatic carbocycles. The minimum absolute atomic E-state index is 0.0247. The van der Waals surface area contributed by atoms with Crippen molar-refractivity contribution < 1.29 is 9.59 Å². The molecule has 0 bridgehead atoms. The summed E-state index contributed by atoms with van der Waals surface area (Å²) in [6, 6.07) is 26.1. The standard InChI is InChI=1S/C26H24N2O2S/c1-18-15-22-9-5-6-10-23(22)28(18)25(30)20-11-13-21(14-12-20)26-27(24(29)17-31-26)16-19-7-3-2-4-8-19/h2-14,18,26H,15-17H2,1H3. The molecule has 5 rings (SSSR count). The number of para-hydroxylation sites is 1. The molecule has 156 valence electrons. The Bertz CT molecular complexity index is 1110. The molecule has 2 unspecified atom stereocenters. The summed E-state index contributed by atoms with van der Waals surface area (Å²) < 4.78 is 0. The van der Waals surface area contributed by atoms with Gasteiger partial charge >= 0.3 is 0 Å². The molecule has 0 spiro atoms. The van der Waals surface area contributed by atoms with Gasteiger partial charge in [-0.05, 0) is 48.2 Å². The summed E-state index contributed by atoms with van der Waals surface area (Å²) >= 11 is 1.64. The van der Waals surface area contributed by atoms with E-state index in [2.05, 4.69) is 13.0 Å². The lowest BCUT2D eigenvalue weighted by Gasteiger charge is -2.25. The minimum atomic E-state index is -0.0247. The zero-order valence-electron chi connectivity index (χ0n) is 17.4. The Morgan fingerprint density at radius 2 is 1.68 bits per heavy atom. The van der Waals surface area contributed by atoms with Crippen molar-refractivity contribution in [2.24, 2.45) is 0 Å². The molecule has 2 aliphatic rings. The second kappa shape index (κ2) is 8.23. The lowest BCUT2D eigenvalue weighted by atomic mass is 10.1. The average molecular weight is 429 g/mol. The molecule has 3 aromatic carbocycles. The molecule has 2 aliphatic heterocycles. The van der Waals surface area contributed by atoms with Crippen molar-refractivity contribution in [3.05, 3.63) is 101 Å². The molecule has 1 fully saturated rings. The van der Waals surface area contributed by atoms with E-state index in [0.717, 1.165) is 23.2 Å². The van der Waals surface area contributed by atoms with Gasteiger partial charge in [-0.2, -0.15) is 0 Å². The molecule has 0 N–H and O–H groups in total. The zero-order chi connectivity index (χ0) is 21.4. The Balaban J connectivity index is 1.36. The monoisotopic (exact) mass is 428 g/mol. The number of rotatable bonds is 4. The largest absolute Gasteiger partial charge is 0.322 e. The van der Waals surface area contributed by atoms with Gasteiger partial charge in [0, 0.05) is 23.8 Å². The van der Waals surface area contributed by atoms with Crippen molar-refractivity contribution in [2.45, 2.75) is 31.3 Å². The van der Waals surface area contributed by atoms with Gasteiger partial charge in [-0.1, -0.05) is 60.7 Å². The van der Waals surface area contributed by atoms with E-state index >= 15 is 0 Å². The first-order valence-electron chi connectivity index (χ1n) is 10.6. The molecule has 3 aromatic rings. The number of hydrogen-bond donors (Lipinski definition) is 0. The van der Waals surface area contributed by atoms with Gasteiger partial charge in [0.1, 0.15) is 5.37 Å². The molecule has 0 saturated carbocycles. The van der Waals surface area contributed by atoms with E-state index in [4.69, 9.17) is 0 Å². The van der Waals surface area contributed by atoms with Crippen LogP contribution in [0.15, 0.2) is 78.9 Å². The van der Waals surface area contributed by atoms with Crippen molar-refractivity contribution in [2.75, 3.05) is 10.7 Å². The van der Waals surface area contributed by atoms with Crippen LogP contribution in [0.25, 0.3) is 0 Å². The fourth-order valence-corrected chi connectivity index (χ4v) is 5.67. The fraction of sp³-hybridized carbons (Fsp3) is 0.231. The number of hydrogen-bond acceptors (Lipinski definition) is 3. The molecular formula is C26H24N2O2S. The maximum atomic E-state index is 13.3. The molecule has 31 heavy (non-hydrogen) atoms. The van der Waals surface area contributed by atoms with E-state index in [-0.39, 0.29) is 23.2 Å². The van der Waals surface area contributed by atoms with Crippen molar-refractivity contribution in [3.63, 3.8) is 0 Å². The highest BCUT2D eigenvalue weighted by Crippen LogP contribution is 2.40. The molecule has 1 saturated heterocycles. The third-order valence-corrected chi connectivity index (χ3v) is 7.29. The highest BCUT2D eigenvalue weighted by molar-refractivity contribution is 8.00. The maximum absolute atomic E-state index is 13.3. The number of fused-ring (bicyclic) bond motifs is 1. The quantitative estimate of drug-likeness (QED) is 0.584. The predicted molar refractivity (Wildman–Crippen MR) is 125 cm³/mol. The Hall–Kier alpha value is -3.05. The van der Waals surface area contributed by atoms with Crippen molar-refractivity contribution >= 4 is 29.3 Å². The van der Waals surface area contributed by atoms with Gasteiger partial charge < -0.3 is 9.80 Å². The number of anilines is 1. The lowest BCUT2D eigenvalue weighted by Crippen LogP contribution is -2.35. The van der Waals surface area contributed by atoms with Crippen molar-refractivity contribution in [3.8, 4) is 0 Å². The first kappa shape index (κ1) is 19.9. The smallest absolute Gasteiger partial charge is 0.258 e. The van der Waals surface area contributed by atoms with Gasteiger partial charge in [-0.25, -0.2) is 0 Å². The zero-order valence-corrected chi connectivity index (χ0v) is 18.2. The van der Waals surface area contributed by atoms with E-state index in [1.807, 2.05) is 82.6 Å². The number of thioether (sulfide) groups is 1. The molecular weight excluding hydrogens is 404 g/mol. The number of benzene rings is 3. The molecule has 0 radical (unpaired) electrons. The van der Waals surface area contributed by atoms with Crippen LogP contribution in [0.4, 0.5) is 5.69 Å². The summed E-state index contributed by atoms with van der Waals surface area (Å²) in [4.78, 5) is 29.6. The number of carbonyl (C=O) groups is 2. The fourth-order valence-electron chi connectivity index (χ4n) is 4.49. The summed E-state index contributed by atoms with van der Waals surface area (Å²) in [6.07, 6.45) is 0.884. The minimum Gasteiger partial charge on any atom is -0.322 e. The summed E-state index contributed by atoms with van der Waals surface area (Å²) in [5.41, 5.74) is 5.08. The topological polar surface area (TPSA) is 40.6 Å². The molecule has 2 amide bonds. The van der Waals surface area contributed by atoms with Gasteiger partial charge in [0.2, 0.25) is 5.91 Å². The number of carbonyl (C=O) groups excluding carboxylic acids is 2. The normalized spacial score (nSPS) is 20.2. The van der Waals surface area contributed by atoms with E-state index in [0.29, 0.717) is 17.9 Å². The van der Waals surface area contributed by atoms with Crippen LogP contribution < -0.4 is 4.90 Å².